The van der Waals surface area contributed by atoms with Crippen molar-refractivity contribution >= 4 is 17.4 Å². The van der Waals surface area contributed by atoms with E-state index in [0.717, 1.165) is 5.56 Å². The van der Waals surface area contributed by atoms with Crippen molar-refractivity contribution in [3.05, 3.63) is 28.8 Å². The molecule has 86 valence electrons. The Balaban J connectivity index is 0. The molecule has 15 heavy (non-hydrogen) atoms. The van der Waals surface area contributed by atoms with E-state index in [0.29, 0.717) is 17.2 Å². The first-order valence-electron chi connectivity index (χ1n) is 3.95. The maximum absolute atomic E-state index is 10.8. The van der Waals surface area contributed by atoms with Crippen LogP contribution in [0.1, 0.15) is 12.5 Å². The largest absolute Gasteiger partial charge is 0.495 e. The molecular weight excluding hydrogens is 568 g/mol. The summed E-state index contributed by atoms with van der Waals surface area (Å²) >= 11 is 5.88. The molecule has 0 spiro atoms. The van der Waals surface area contributed by atoms with E-state index in [-0.39, 0.29) is 45.4 Å². The summed E-state index contributed by atoms with van der Waals surface area (Å²) in [6, 6.07) is 5.36. The Kier molecular flexibility index (Phi) is 9.89. The summed E-state index contributed by atoms with van der Waals surface area (Å²) in [4.78, 5) is 10.8. The van der Waals surface area contributed by atoms with Crippen LogP contribution in [-0.2, 0) is 50.8 Å². The Hall–Kier alpha value is 0.253. The summed E-state index contributed by atoms with van der Waals surface area (Å²) in [5.74, 6) is 0.759. The van der Waals surface area contributed by atoms with Crippen molar-refractivity contribution < 1.29 is 49.1 Å². The molecule has 0 aliphatic rings. The second kappa shape index (κ2) is 8.41. The third kappa shape index (κ3) is 5.77. The van der Waals surface area contributed by atoms with Crippen LogP contribution in [0.2, 0.25) is 5.02 Å². The Morgan fingerprint density at radius 3 is 2.40 bits per heavy atom. The number of Topliss-reactive ketones (excluding diaryl/α,β-unsaturated/α-hetero) is 1. The molecule has 0 heterocycles. The van der Waals surface area contributed by atoms with Gasteiger partial charge in [0.15, 0.2) is 0 Å². The van der Waals surface area contributed by atoms with Crippen LogP contribution in [0.25, 0.3) is 0 Å². The molecule has 0 aromatic heterocycles. The monoisotopic (exact) mass is 582 g/mol. The fraction of sp³-hybridized carbons (Fsp3) is 0.300. The minimum atomic E-state index is 0. The molecule has 0 N–H and O–H groups in total. The quantitative estimate of drug-likeness (QED) is 0.551. The van der Waals surface area contributed by atoms with Gasteiger partial charge in [-0.3, -0.25) is 4.79 Å². The predicted octanol–water partition coefficient (Wildman–Crippen LogP) is 2.48. The summed E-state index contributed by atoms with van der Waals surface area (Å²) in [5.41, 5.74) is 0.915. The molecule has 0 unspecified atom stereocenters. The van der Waals surface area contributed by atoms with Crippen LogP contribution in [0.15, 0.2) is 18.2 Å². The number of hydrogen-bond acceptors (Lipinski definition) is 2. The third-order valence-electron chi connectivity index (χ3n) is 1.67. The van der Waals surface area contributed by atoms with Crippen LogP contribution in [0.3, 0.4) is 0 Å². The number of carbonyl (C=O) groups is 1. The summed E-state index contributed by atoms with van der Waals surface area (Å²) < 4.78 is 4.99. The number of hydrogen-bond donors (Lipinski definition) is 0. The molecule has 5 heteroatoms. The normalized spacial score (nSPS) is 8.47. The molecule has 0 bridgehead atoms. The van der Waals surface area contributed by atoms with Gasteiger partial charge < -0.3 is 4.74 Å². The van der Waals surface area contributed by atoms with Gasteiger partial charge in [-0.25, -0.2) is 0 Å². The van der Waals surface area contributed by atoms with Crippen LogP contribution in [-0.4, -0.2) is 12.9 Å². The van der Waals surface area contributed by atoms with E-state index in [9.17, 15) is 4.79 Å². The van der Waals surface area contributed by atoms with Crippen molar-refractivity contribution in [2.75, 3.05) is 7.11 Å². The SMILES string of the molecule is COc1ccc(CC(C)=O)cc1Cl.[Os].[Os]. The summed E-state index contributed by atoms with van der Waals surface area (Å²) in [6.07, 6.45) is 0.420. The molecule has 0 amide bonds. The molecular formula is C10H11ClO2Os2. The van der Waals surface area contributed by atoms with Crippen molar-refractivity contribution in [2.24, 2.45) is 0 Å². The van der Waals surface area contributed by atoms with Crippen molar-refractivity contribution in [2.45, 2.75) is 13.3 Å². The molecule has 0 aliphatic carbocycles. The molecule has 0 atom stereocenters. The smallest absolute Gasteiger partial charge is 0.137 e. The molecule has 0 saturated heterocycles. The fourth-order valence-corrected chi connectivity index (χ4v) is 1.39. The van der Waals surface area contributed by atoms with Gasteiger partial charge in [0.05, 0.1) is 12.1 Å². The van der Waals surface area contributed by atoms with Crippen LogP contribution in [0, 0.1) is 0 Å². The standard InChI is InChI=1S/C10H11ClO2.2Os/c1-7(12)5-8-3-4-10(13-2)9(11)6-8;;/h3-4,6H,5H2,1-2H3;;. The Morgan fingerprint density at radius 1 is 1.40 bits per heavy atom. The molecule has 0 fully saturated rings. The van der Waals surface area contributed by atoms with Crippen LogP contribution < -0.4 is 4.74 Å². The first kappa shape index (κ1) is 17.6. The second-order valence-electron chi connectivity index (χ2n) is 2.85. The Morgan fingerprint density at radius 2 is 2.00 bits per heavy atom. The van der Waals surface area contributed by atoms with Gasteiger partial charge in [0.2, 0.25) is 0 Å². The number of benzene rings is 1. The molecule has 2 nitrogen and oxygen atoms in total. The number of ketones is 1. The van der Waals surface area contributed by atoms with Crippen LogP contribution in [0.5, 0.6) is 5.75 Å². The van der Waals surface area contributed by atoms with Crippen LogP contribution >= 0.6 is 11.6 Å². The minimum Gasteiger partial charge on any atom is -0.495 e. The third-order valence-corrected chi connectivity index (χ3v) is 1.96. The van der Waals surface area contributed by atoms with Crippen molar-refractivity contribution in [1.82, 2.24) is 0 Å². The van der Waals surface area contributed by atoms with Crippen molar-refractivity contribution in [1.29, 1.82) is 0 Å². The van der Waals surface area contributed by atoms with Gasteiger partial charge in [-0.05, 0) is 24.6 Å². The van der Waals surface area contributed by atoms with Crippen molar-refractivity contribution in [3.8, 4) is 5.75 Å². The topological polar surface area (TPSA) is 26.3 Å². The number of halogens is 1. The van der Waals surface area contributed by atoms with Gasteiger partial charge in [-0.1, -0.05) is 17.7 Å². The van der Waals surface area contributed by atoms with Crippen molar-refractivity contribution in [3.63, 3.8) is 0 Å². The fourth-order valence-electron chi connectivity index (χ4n) is 1.11. The zero-order valence-corrected chi connectivity index (χ0v) is 14.2. The molecule has 0 saturated carbocycles. The first-order valence-corrected chi connectivity index (χ1v) is 4.33. The predicted molar refractivity (Wildman–Crippen MR) is 52.4 cm³/mol. The average Bonchev–Trinajstić information content (AvgIpc) is 2.03. The minimum absolute atomic E-state index is 0. The first-order chi connectivity index (χ1) is 6.13. The Labute approximate surface area is 121 Å². The van der Waals surface area contributed by atoms with Gasteiger partial charge in [0.1, 0.15) is 11.5 Å². The summed E-state index contributed by atoms with van der Waals surface area (Å²) in [5, 5.41) is 0.543. The molecule has 1 aromatic carbocycles. The van der Waals surface area contributed by atoms with E-state index in [2.05, 4.69) is 0 Å². The van der Waals surface area contributed by atoms with Gasteiger partial charge in [-0.2, -0.15) is 0 Å². The zero-order valence-electron chi connectivity index (χ0n) is 8.34. The van der Waals surface area contributed by atoms with Gasteiger partial charge >= 0.3 is 0 Å². The van der Waals surface area contributed by atoms with Gasteiger partial charge in [0.25, 0.3) is 0 Å². The maximum atomic E-state index is 10.8. The number of rotatable bonds is 3. The summed E-state index contributed by atoms with van der Waals surface area (Å²) in [7, 11) is 1.56. The van der Waals surface area contributed by atoms with Gasteiger partial charge in [0, 0.05) is 46.0 Å². The number of carbonyl (C=O) groups excluding carboxylic acids is 1. The van der Waals surface area contributed by atoms with E-state index in [4.69, 9.17) is 16.3 Å². The van der Waals surface area contributed by atoms with E-state index < -0.39 is 0 Å². The zero-order chi connectivity index (χ0) is 9.84. The maximum Gasteiger partial charge on any atom is 0.137 e. The van der Waals surface area contributed by atoms with E-state index in [1.807, 2.05) is 6.07 Å². The molecule has 1 aromatic rings. The summed E-state index contributed by atoms with van der Waals surface area (Å²) in [6.45, 7) is 1.55. The number of methoxy groups -OCH3 is 1. The molecule has 0 aliphatic heterocycles. The van der Waals surface area contributed by atoms with E-state index in [1.54, 1.807) is 26.2 Å². The molecule has 1 rings (SSSR count). The second-order valence-corrected chi connectivity index (χ2v) is 3.25. The average molecular weight is 579 g/mol. The molecule has 0 radical (unpaired) electrons. The van der Waals surface area contributed by atoms with E-state index in [1.165, 1.54) is 0 Å². The van der Waals surface area contributed by atoms with Gasteiger partial charge in [-0.15, -0.1) is 0 Å². The van der Waals surface area contributed by atoms with Crippen LogP contribution in [0.4, 0.5) is 0 Å². The Bertz CT molecular complexity index is 329. The van der Waals surface area contributed by atoms with E-state index >= 15 is 0 Å². The number of ether oxygens (including phenoxy) is 1.